The molecule has 0 aromatic carbocycles. The van der Waals surface area contributed by atoms with Crippen LogP contribution in [0.5, 0.6) is 0 Å². The van der Waals surface area contributed by atoms with E-state index in [1.54, 1.807) is 13.8 Å². The first-order chi connectivity index (χ1) is 48.5. The van der Waals surface area contributed by atoms with Gasteiger partial charge in [0.2, 0.25) is 53.2 Å². The molecule has 35 nitrogen and oxygen atoms in total. The molecule has 9 amide bonds. The molecular weight excluding hydrogens is 1330 g/mol. The number of methoxy groups -OCH3 is 1. The standard InChI is InChI=1S/C66H120N10O25/c1-42-57(88)59(90)46(38-77)99-64(42)96-33-13-5-8-21-49(81)68-27-17-30-71-54(86)36-76(37-55(87)72-31-18-28-69-50(82)23-10-7-15-35-98-66-56(75-44(3)80)62(93)61(92)48(40-79)101-66)45(20-11-12-26-67-52(84)24-16-25-53(85)74-41-95-4)63(94)73-32-19-29-70-51(83)22-9-6-14-34-97-65-43(2)58(89)60(91)47(39-78)100-65/h42-43,45-48,56-62,64-66,77-79,88-93H,5-41H2,1-4H3,(H,67,84)(H,68,81)(H,69,82)(H,70,83)(H,71,86)(H,72,87)(H,73,94)(H,74,85)(H,75,80)/t42-,43-,45?,46?,47?,48?,56-,57-,58-,59?,60?,61?,62-,64+,65+,66+/m0/s1. The molecule has 7 unspecified atom stereocenters. The molecule has 0 aromatic heterocycles. The Bertz CT molecular complexity index is 2390. The van der Waals surface area contributed by atoms with Gasteiger partial charge in [-0.3, -0.25) is 48.1 Å². The zero-order valence-corrected chi connectivity index (χ0v) is 59.4. The molecule has 3 rings (SSSR count). The molecule has 0 bridgehead atoms. The molecule has 3 fully saturated rings. The van der Waals surface area contributed by atoms with Crippen LogP contribution in [0.25, 0.3) is 0 Å². The Balaban J connectivity index is 1.57. The molecule has 3 heterocycles. The lowest BCUT2D eigenvalue weighted by atomic mass is 9.92. The summed E-state index contributed by atoms with van der Waals surface area (Å²) in [5.41, 5.74) is 0. The summed E-state index contributed by atoms with van der Waals surface area (Å²) in [5, 5.41) is 115. The first-order valence-corrected chi connectivity index (χ1v) is 35.8. The first-order valence-electron chi connectivity index (χ1n) is 35.8. The van der Waals surface area contributed by atoms with Crippen LogP contribution >= 0.6 is 0 Å². The Hall–Kier alpha value is -5.45. The van der Waals surface area contributed by atoms with E-state index >= 15 is 0 Å². The van der Waals surface area contributed by atoms with Crippen LogP contribution in [0.4, 0.5) is 0 Å². The van der Waals surface area contributed by atoms with Gasteiger partial charge >= 0.3 is 0 Å². The zero-order chi connectivity index (χ0) is 74.5. The Morgan fingerprint density at radius 1 is 0.396 bits per heavy atom. The van der Waals surface area contributed by atoms with E-state index in [9.17, 15) is 89.1 Å². The number of hydrogen-bond donors (Lipinski definition) is 18. The minimum absolute atomic E-state index is 0.0482. The van der Waals surface area contributed by atoms with Crippen LogP contribution in [0, 0.1) is 11.8 Å². The van der Waals surface area contributed by atoms with Crippen LogP contribution in [-0.4, -0.2) is 302 Å². The minimum atomic E-state index is -1.45. The van der Waals surface area contributed by atoms with Gasteiger partial charge in [0.05, 0.1) is 51.2 Å². The van der Waals surface area contributed by atoms with Crippen molar-refractivity contribution >= 4 is 53.2 Å². The molecule has 0 saturated carbocycles. The van der Waals surface area contributed by atoms with Gasteiger partial charge in [0, 0.05) is 124 Å². The normalized spacial score (nSPS) is 25.3. The number of unbranched alkanes of at least 4 members (excludes halogenated alkanes) is 7. The van der Waals surface area contributed by atoms with Crippen LogP contribution in [0.2, 0.25) is 0 Å². The highest BCUT2D eigenvalue weighted by Gasteiger charge is 2.46. The van der Waals surface area contributed by atoms with Crippen molar-refractivity contribution in [2.45, 2.75) is 241 Å². The maximum Gasteiger partial charge on any atom is 0.237 e. The van der Waals surface area contributed by atoms with Gasteiger partial charge in [-0.2, -0.15) is 0 Å². The van der Waals surface area contributed by atoms with Gasteiger partial charge in [-0.05, 0) is 83.5 Å². The molecule has 3 aliphatic heterocycles. The maximum absolute atomic E-state index is 14.3. The van der Waals surface area contributed by atoms with E-state index in [1.807, 2.05) is 0 Å². The van der Waals surface area contributed by atoms with E-state index in [0.717, 1.165) is 0 Å². The van der Waals surface area contributed by atoms with Gasteiger partial charge in [0.25, 0.3) is 0 Å². The molecule has 18 N–H and O–H groups in total. The van der Waals surface area contributed by atoms with Crippen molar-refractivity contribution in [3.8, 4) is 0 Å². The Morgan fingerprint density at radius 3 is 1.14 bits per heavy atom. The highest BCUT2D eigenvalue weighted by Crippen LogP contribution is 2.29. The molecule has 3 saturated heterocycles. The first kappa shape index (κ1) is 89.8. The predicted octanol–water partition coefficient (Wildman–Crippen LogP) is -4.47. The molecule has 0 aliphatic carbocycles. The Labute approximate surface area is 592 Å². The largest absolute Gasteiger partial charge is 0.394 e. The van der Waals surface area contributed by atoms with E-state index in [4.69, 9.17) is 33.2 Å². The molecule has 0 aromatic rings. The summed E-state index contributed by atoms with van der Waals surface area (Å²) in [7, 11) is 1.44. The predicted molar refractivity (Wildman–Crippen MR) is 360 cm³/mol. The monoisotopic (exact) mass is 1450 g/mol. The van der Waals surface area contributed by atoms with E-state index in [1.165, 1.54) is 18.9 Å². The second-order valence-electron chi connectivity index (χ2n) is 25.9. The topological polar surface area (TPSA) is 512 Å². The van der Waals surface area contributed by atoms with Crippen molar-refractivity contribution in [1.29, 1.82) is 0 Å². The number of nitrogens with zero attached hydrogens (tertiary/aromatic N) is 1. The summed E-state index contributed by atoms with van der Waals surface area (Å²) in [6.07, 6.45) is -5.24. The van der Waals surface area contributed by atoms with Crippen LogP contribution in [0.3, 0.4) is 0 Å². The SMILES string of the molecule is COCNC(=O)CCCC(=O)NCCCCC(C(=O)NCCCNC(=O)CCCCCO[C@@H]1OC(CO)C(O)[C@@H](O)[C@@H]1C)N(CC(=O)NCCCNC(=O)CCCCCO[C@@H]1OC(CO)C(O)[C@@H](O)[C@@H]1C)CC(=O)NCCCNC(=O)CCCCCO[C@@H]1OC(CO)C(O)[C@@H](O)[C@@H]1NC(C)=O. The van der Waals surface area contributed by atoms with E-state index < -0.39 is 154 Å². The number of ether oxygens (including phenoxy) is 7. The van der Waals surface area contributed by atoms with E-state index in [0.29, 0.717) is 96.3 Å². The highest BCUT2D eigenvalue weighted by molar-refractivity contribution is 5.86. The fourth-order valence-electron chi connectivity index (χ4n) is 11.4. The molecule has 35 heteroatoms. The highest BCUT2D eigenvalue weighted by atomic mass is 16.7. The number of rotatable bonds is 54. The molecule has 101 heavy (non-hydrogen) atoms. The van der Waals surface area contributed by atoms with Crippen molar-refractivity contribution in [3.63, 3.8) is 0 Å². The lowest BCUT2D eigenvalue weighted by Gasteiger charge is -2.42. The average molecular weight is 1450 g/mol. The summed E-state index contributed by atoms with van der Waals surface area (Å²) < 4.78 is 38.9. The lowest BCUT2D eigenvalue weighted by molar-refractivity contribution is -0.282. The molecule has 16 atom stereocenters. The van der Waals surface area contributed by atoms with Crippen molar-refractivity contribution in [2.24, 2.45) is 11.8 Å². The van der Waals surface area contributed by atoms with Crippen molar-refractivity contribution in [3.05, 3.63) is 0 Å². The number of carbonyl (C=O) groups is 9. The van der Waals surface area contributed by atoms with Gasteiger partial charge in [0.1, 0.15) is 55.5 Å². The van der Waals surface area contributed by atoms with E-state index in [2.05, 4.69) is 47.9 Å². The molecule has 0 spiro atoms. The molecule has 0 radical (unpaired) electrons. The number of hydrogen-bond acceptors (Lipinski definition) is 26. The Morgan fingerprint density at radius 2 is 0.743 bits per heavy atom. The number of nitrogens with one attached hydrogen (secondary N) is 9. The third kappa shape index (κ3) is 36.2. The number of carbonyl (C=O) groups excluding carboxylic acids is 9. The second kappa shape index (κ2) is 52.5. The minimum Gasteiger partial charge on any atom is -0.394 e. The summed E-state index contributed by atoms with van der Waals surface area (Å²) in [6, 6.07) is -2.12. The molecule has 584 valence electrons. The third-order valence-electron chi connectivity index (χ3n) is 17.5. The molecular formula is C66H120N10O25. The lowest BCUT2D eigenvalue weighted by Crippen LogP contribution is -2.64. The van der Waals surface area contributed by atoms with Gasteiger partial charge in [0.15, 0.2) is 18.9 Å². The van der Waals surface area contributed by atoms with Crippen molar-refractivity contribution in [1.82, 2.24) is 52.8 Å². The summed E-state index contributed by atoms with van der Waals surface area (Å²) in [4.78, 5) is 118. The van der Waals surface area contributed by atoms with Crippen molar-refractivity contribution < 1.29 is 122 Å². The maximum atomic E-state index is 14.3. The van der Waals surface area contributed by atoms with Gasteiger partial charge in [-0.25, -0.2) is 0 Å². The average Bonchev–Trinajstić information content (AvgIpc) is 0.821. The van der Waals surface area contributed by atoms with Crippen LogP contribution in [0.15, 0.2) is 0 Å². The smallest absolute Gasteiger partial charge is 0.237 e. The van der Waals surface area contributed by atoms with Crippen LogP contribution < -0.4 is 47.9 Å². The van der Waals surface area contributed by atoms with Crippen LogP contribution in [0.1, 0.15) is 156 Å². The third-order valence-corrected chi connectivity index (χ3v) is 17.5. The van der Waals surface area contributed by atoms with E-state index in [-0.39, 0.29) is 140 Å². The summed E-state index contributed by atoms with van der Waals surface area (Å²) in [6.45, 7) is 4.25. The summed E-state index contributed by atoms with van der Waals surface area (Å²) in [5.74, 6) is -4.24. The Kier molecular flexibility index (Phi) is 46.7. The molecule has 3 aliphatic rings. The van der Waals surface area contributed by atoms with Gasteiger partial charge < -0.3 is 127 Å². The number of amides is 9. The fraction of sp³-hybridized carbons (Fsp3) is 0.864. The second-order valence-corrected chi connectivity index (χ2v) is 25.9. The number of aliphatic hydroxyl groups excluding tert-OH is 9. The number of aliphatic hydroxyl groups is 9. The van der Waals surface area contributed by atoms with Crippen molar-refractivity contribution in [2.75, 3.05) is 112 Å². The van der Waals surface area contributed by atoms with Gasteiger partial charge in [-0.1, -0.05) is 33.1 Å². The van der Waals surface area contributed by atoms with Crippen LogP contribution in [-0.2, 0) is 76.3 Å². The fourth-order valence-corrected chi connectivity index (χ4v) is 11.4. The van der Waals surface area contributed by atoms with Gasteiger partial charge in [-0.15, -0.1) is 0 Å². The zero-order valence-electron chi connectivity index (χ0n) is 59.4. The quantitative estimate of drug-likeness (QED) is 0.0202. The summed E-state index contributed by atoms with van der Waals surface area (Å²) >= 11 is 0.